The van der Waals surface area contributed by atoms with E-state index in [9.17, 15) is 9.59 Å². The second-order valence-corrected chi connectivity index (χ2v) is 4.93. The monoisotopic (exact) mass is 261 g/mol. The Hall–Kier alpha value is -2.04. The molecule has 0 aromatic heterocycles. The first-order chi connectivity index (χ1) is 9.00. The van der Waals surface area contributed by atoms with Crippen LogP contribution < -0.4 is 11.1 Å². The first-order valence-electron chi connectivity index (χ1n) is 6.41. The molecule has 0 heterocycles. The van der Waals surface area contributed by atoms with Crippen molar-refractivity contribution in [1.82, 2.24) is 10.2 Å². The summed E-state index contributed by atoms with van der Waals surface area (Å²) in [5.41, 5.74) is 7.53. The van der Waals surface area contributed by atoms with Crippen LogP contribution in [0.3, 0.4) is 0 Å². The summed E-state index contributed by atoms with van der Waals surface area (Å²) in [4.78, 5) is 24.7. The number of carbonyl (C=O) groups is 2. The van der Waals surface area contributed by atoms with Gasteiger partial charge in [-0.15, -0.1) is 0 Å². The molecule has 5 nitrogen and oxygen atoms in total. The Morgan fingerprint density at radius 3 is 2.79 bits per heavy atom. The van der Waals surface area contributed by atoms with E-state index in [2.05, 4.69) is 17.4 Å². The molecule has 2 atom stereocenters. The highest BCUT2D eigenvalue weighted by Gasteiger charge is 2.30. The van der Waals surface area contributed by atoms with E-state index < -0.39 is 12.1 Å². The zero-order valence-corrected chi connectivity index (χ0v) is 11.2. The molecule has 1 aromatic carbocycles. The number of urea groups is 1. The molecule has 3 N–H and O–H groups in total. The largest absolute Gasteiger partial charge is 0.352 e. The summed E-state index contributed by atoms with van der Waals surface area (Å²) < 4.78 is 0. The first kappa shape index (κ1) is 13.4. The number of aryl methyl sites for hydroxylation is 1. The van der Waals surface area contributed by atoms with E-state index in [1.807, 2.05) is 12.1 Å². The lowest BCUT2D eigenvalue weighted by Crippen LogP contribution is -2.48. The standard InChI is InChI=1S/C14H19N3O2/c1-9(16-14(15)19)13(18)17(2)12-8-7-10-5-3-4-6-11(10)12/h3-6,9,12H,7-8H2,1-2H3,(H3,15,16,19)/t9-,12-/m1/s1. The van der Waals surface area contributed by atoms with Crippen molar-refractivity contribution in [3.8, 4) is 0 Å². The molecule has 0 aliphatic heterocycles. The number of benzene rings is 1. The third kappa shape index (κ3) is 2.70. The Labute approximate surface area is 112 Å². The lowest BCUT2D eigenvalue weighted by atomic mass is 10.1. The molecule has 0 unspecified atom stereocenters. The number of nitrogens with zero attached hydrogens (tertiary/aromatic N) is 1. The molecule has 19 heavy (non-hydrogen) atoms. The second kappa shape index (κ2) is 5.30. The molecule has 1 aromatic rings. The molecule has 2 rings (SSSR count). The Morgan fingerprint density at radius 2 is 2.11 bits per heavy atom. The van der Waals surface area contributed by atoms with E-state index in [-0.39, 0.29) is 11.9 Å². The first-order valence-corrected chi connectivity index (χ1v) is 6.41. The van der Waals surface area contributed by atoms with E-state index in [0.29, 0.717) is 0 Å². The van der Waals surface area contributed by atoms with Gasteiger partial charge in [0, 0.05) is 7.05 Å². The maximum Gasteiger partial charge on any atom is 0.312 e. The molecule has 0 fully saturated rings. The predicted molar refractivity (Wildman–Crippen MR) is 72.5 cm³/mol. The Kier molecular flexibility index (Phi) is 3.74. The Balaban J connectivity index is 2.11. The van der Waals surface area contributed by atoms with Crippen molar-refractivity contribution >= 4 is 11.9 Å². The Bertz CT molecular complexity index is 501. The zero-order chi connectivity index (χ0) is 14.0. The smallest absolute Gasteiger partial charge is 0.312 e. The number of likely N-dealkylation sites (N-methyl/N-ethyl adjacent to an activating group) is 1. The summed E-state index contributed by atoms with van der Waals surface area (Å²) in [7, 11) is 1.77. The van der Waals surface area contributed by atoms with Gasteiger partial charge in [-0.2, -0.15) is 0 Å². The van der Waals surface area contributed by atoms with Crippen LogP contribution in [0.25, 0.3) is 0 Å². The predicted octanol–water partition coefficient (Wildman–Crippen LogP) is 1.19. The van der Waals surface area contributed by atoms with Crippen LogP contribution in [-0.4, -0.2) is 29.9 Å². The average molecular weight is 261 g/mol. The number of hydrogen-bond donors (Lipinski definition) is 2. The van der Waals surface area contributed by atoms with Gasteiger partial charge in [0.05, 0.1) is 6.04 Å². The molecule has 0 saturated heterocycles. The van der Waals surface area contributed by atoms with Gasteiger partial charge in [0.15, 0.2) is 0 Å². The quantitative estimate of drug-likeness (QED) is 0.857. The van der Waals surface area contributed by atoms with Gasteiger partial charge in [-0.3, -0.25) is 4.79 Å². The molecule has 5 heteroatoms. The summed E-state index contributed by atoms with van der Waals surface area (Å²) in [6.45, 7) is 1.64. The van der Waals surface area contributed by atoms with Gasteiger partial charge in [0.2, 0.25) is 5.91 Å². The molecule has 3 amide bonds. The molecule has 0 bridgehead atoms. The van der Waals surface area contributed by atoms with E-state index in [0.717, 1.165) is 12.8 Å². The summed E-state index contributed by atoms with van der Waals surface area (Å²) in [5, 5.41) is 2.42. The summed E-state index contributed by atoms with van der Waals surface area (Å²) in [6.07, 6.45) is 1.90. The Morgan fingerprint density at radius 1 is 1.42 bits per heavy atom. The molecule has 0 radical (unpaired) electrons. The van der Waals surface area contributed by atoms with E-state index in [1.54, 1.807) is 18.9 Å². The second-order valence-electron chi connectivity index (χ2n) is 4.93. The minimum Gasteiger partial charge on any atom is -0.352 e. The number of amides is 3. The van der Waals surface area contributed by atoms with Gasteiger partial charge < -0.3 is 16.0 Å². The van der Waals surface area contributed by atoms with Gasteiger partial charge >= 0.3 is 6.03 Å². The SMILES string of the molecule is C[C@@H](NC(N)=O)C(=O)N(C)[C@@H]1CCc2ccccc21. The fraction of sp³-hybridized carbons (Fsp3) is 0.429. The van der Waals surface area contributed by atoms with Crippen LogP contribution in [0.15, 0.2) is 24.3 Å². The fourth-order valence-corrected chi connectivity index (χ4v) is 2.67. The number of primary amides is 1. The van der Waals surface area contributed by atoms with E-state index in [1.165, 1.54) is 11.1 Å². The number of nitrogens with one attached hydrogen (secondary N) is 1. The van der Waals surface area contributed by atoms with Crippen molar-refractivity contribution in [2.75, 3.05) is 7.05 Å². The zero-order valence-electron chi connectivity index (χ0n) is 11.2. The highest BCUT2D eigenvalue weighted by atomic mass is 16.2. The van der Waals surface area contributed by atoms with Gasteiger partial charge in [0.25, 0.3) is 0 Å². The van der Waals surface area contributed by atoms with Gasteiger partial charge in [0.1, 0.15) is 6.04 Å². The maximum absolute atomic E-state index is 12.2. The molecule has 0 spiro atoms. The van der Waals surface area contributed by atoms with Crippen LogP contribution in [0, 0.1) is 0 Å². The summed E-state index contributed by atoms with van der Waals surface area (Å²) in [6, 6.07) is 6.96. The fourth-order valence-electron chi connectivity index (χ4n) is 2.67. The van der Waals surface area contributed by atoms with Crippen LogP contribution in [0.4, 0.5) is 4.79 Å². The van der Waals surface area contributed by atoms with Crippen LogP contribution in [-0.2, 0) is 11.2 Å². The lowest BCUT2D eigenvalue weighted by Gasteiger charge is -2.28. The number of hydrogen-bond acceptors (Lipinski definition) is 2. The summed E-state index contributed by atoms with van der Waals surface area (Å²) >= 11 is 0. The van der Waals surface area contributed by atoms with Crippen LogP contribution in [0.2, 0.25) is 0 Å². The third-order valence-electron chi connectivity index (χ3n) is 3.65. The van der Waals surface area contributed by atoms with Crippen LogP contribution in [0.5, 0.6) is 0 Å². The number of fused-ring (bicyclic) bond motifs is 1. The van der Waals surface area contributed by atoms with Crippen molar-refractivity contribution in [2.45, 2.75) is 31.8 Å². The van der Waals surface area contributed by atoms with E-state index in [4.69, 9.17) is 5.73 Å². The minimum atomic E-state index is -0.680. The third-order valence-corrected chi connectivity index (χ3v) is 3.65. The highest BCUT2D eigenvalue weighted by Crippen LogP contribution is 2.34. The van der Waals surface area contributed by atoms with E-state index >= 15 is 0 Å². The molecule has 1 aliphatic rings. The number of nitrogens with two attached hydrogens (primary N) is 1. The van der Waals surface area contributed by atoms with Gasteiger partial charge in [-0.05, 0) is 30.9 Å². The maximum atomic E-state index is 12.2. The van der Waals surface area contributed by atoms with Gasteiger partial charge in [-0.1, -0.05) is 24.3 Å². The number of carbonyl (C=O) groups excluding carboxylic acids is 2. The van der Waals surface area contributed by atoms with Crippen molar-refractivity contribution in [2.24, 2.45) is 5.73 Å². The van der Waals surface area contributed by atoms with Crippen molar-refractivity contribution in [3.05, 3.63) is 35.4 Å². The average Bonchev–Trinajstić information content (AvgIpc) is 2.80. The molecule has 0 saturated carbocycles. The molecular formula is C14H19N3O2. The molecular weight excluding hydrogens is 242 g/mol. The number of rotatable bonds is 3. The lowest BCUT2D eigenvalue weighted by molar-refractivity contribution is -0.133. The van der Waals surface area contributed by atoms with Crippen molar-refractivity contribution in [3.63, 3.8) is 0 Å². The molecule has 102 valence electrons. The summed E-state index contributed by atoms with van der Waals surface area (Å²) in [5.74, 6) is -0.125. The molecule has 1 aliphatic carbocycles. The van der Waals surface area contributed by atoms with Gasteiger partial charge in [-0.25, -0.2) is 4.79 Å². The minimum absolute atomic E-state index is 0.0841. The normalized spacial score (nSPS) is 18.5. The van der Waals surface area contributed by atoms with Crippen molar-refractivity contribution < 1.29 is 9.59 Å². The van der Waals surface area contributed by atoms with Crippen LogP contribution >= 0.6 is 0 Å². The topological polar surface area (TPSA) is 75.4 Å². The van der Waals surface area contributed by atoms with Crippen molar-refractivity contribution in [1.29, 1.82) is 0 Å². The highest BCUT2D eigenvalue weighted by molar-refractivity contribution is 5.86. The van der Waals surface area contributed by atoms with Crippen LogP contribution in [0.1, 0.15) is 30.5 Å².